The number of hydrogen-bond acceptors (Lipinski definition) is 5. The van der Waals surface area contributed by atoms with Gasteiger partial charge < -0.3 is 27.4 Å². The van der Waals surface area contributed by atoms with Crippen molar-refractivity contribution in [2.24, 2.45) is 0 Å². The zero-order valence-electron chi connectivity index (χ0n) is 3.95. The minimum Gasteiger partial charge on any atom is -0.870 e. The first kappa shape index (κ1) is 230. The molecular weight excluding hydrogens is 217 g/mol. The molecular formula is H5CoMnNaO5. The van der Waals surface area contributed by atoms with Crippen molar-refractivity contribution in [1.29, 1.82) is 0 Å². The molecule has 0 saturated heterocycles. The van der Waals surface area contributed by atoms with E-state index in [9.17, 15) is 0 Å². The van der Waals surface area contributed by atoms with Gasteiger partial charge in [-0.15, -0.1) is 0 Å². The van der Waals surface area contributed by atoms with Crippen LogP contribution in [0, 0.1) is 0 Å². The van der Waals surface area contributed by atoms with Gasteiger partial charge in [0.2, 0.25) is 0 Å². The molecule has 0 aromatic rings. The zero-order chi connectivity index (χ0) is 0. The van der Waals surface area contributed by atoms with Gasteiger partial charge in [-0.25, -0.2) is 0 Å². The SMILES string of the molecule is [Co+2].[Mn+2].[Na+].[OH-].[OH-].[OH-].[OH-].[OH-]. The molecule has 0 aliphatic heterocycles. The molecule has 5 N–H and O–H groups in total. The van der Waals surface area contributed by atoms with Gasteiger partial charge >= 0.3 is 63.4 Å². The first-order chi connectivity index (χ1) is 0. The van der Waals surface area contributed by atoms with E-state index in [1.807, 2.05) is 0 Å². The third kappa shape index (κ3) is 109. The van der Waals surface area contributed by atoms with Crippen LogP contribution in [0.5, 0.6) is 0 Å². The molecule has 0 rings (SSSR count). The quantitative estimate of drug-likeness (QED) is 0.383. The molecule has 0 aliphatic carbocycles. The Morgan fingerprint density at radius 3 is 0.500 bits per heavy atom. The van der Waals surface area contributed by atoms with Gasteiger partial charge in [0.1, 0.15) is 0 Å². The van der Waals surface area contributed by atoms with Gasteiger partial charge in [-0.3, -0.25) is 0 Å². The average molecular weight is 222 g/mol. The number of rotatable bonds is 0. The van der Waals surface area contributed by atoms with E-state index in [-0.39, 0.29) is 90.8 Å². The fourth-order valence-corrected chi connectivity index (χ4v) is 0. The van der Waals surface area contributed by atoms with Crippen LogP contribution in [0.1, 0.15) is 0 Å². The fraction of sp³-hybridized carbons (Fsp3) is 0. The summed E-state index contributed by atoms with van der Waals surface area (Å²) in [6.07, 6.45) is 0. The van der Waals surface area contributed by atoms with E-state index in [1.54, 1.807) is 0 Å². The predicted octanol–water partition coefficient (Wildman–Crippen LogP) is -3.89. The van der Waals surface area contributed by atoms with Gasteiger partial charge in [0, 0.05) is 0 Å². The van der Waals surface area contributed by atoms with E-state index in [0.29, 0.717) is 0 Å². The summed E-state index contributed by atoms with van der Waals surface area (Å²) in [6.45, 7) is 0. The van der Waals surface area contributed by atoms with Crippen LogP contribution in [-0.2, 0) is 33.8 Å². The largest absolute Gasteiger partial charge is 2.00 e. The molecule has 0 heterocycles. The molecule has 2 radical (unpaired) electrons. The molecule has 0 aromatic carbocycles. The average Bonchev–Trinajstić information content (AvgIpc) is 0. The second kappa shape index (κ2) is 162. The van der Waals surface area contributed by atoms with Crippen molar-refractivity contribution in [1.82, 2.24) is 0 Å². The van der Waals surface area contributed by atoms with Crippen molar-refractivity contribution in [3.8, 4) is 0 Å². The van der Waals surface area contributed by atoms with Crippen LogP contribution in [-0.4, -0.2) is 27.4 Å². The molecule has 0 amide bonds. The van der Waals surface area contributed by atoms with E-state index >= 15 is 0 Å². The van der Waals surface area contributed by atoms with Gasteiger partial charge in [-0.1, -0.05) is 0 Å². The summed E-state index contributed by atoms with van der Waals surface area (Å²) >= 11 is 0. The molecule has 0 spiro atoms. The molecule has 52 valence electrons. The summed E-state index contributed by atoms with van der Waals surface area (Å²) in [5.41, 5.74) is 0. The van der Waals surface area contributed by atoms with Gasteiger partial charge in [0.05, 0.1) is 0 Å². The smallest absolute Gasteiger partial charge is 0.870 e. The minimum atomic E-state index is 0. The fourth-order valence-electron chi connectivity index (χ4n) is 0. The second-order valence-electron chi connectivity index (χ2n) is 0. The molecule has 0 bridgehead atoms. The summed E-state index contributed by atoms with van der Waals surface area (Å²) in [5, 5.41) is 0. The topological polar surface area (TPSA) is 150 Å². The Bertz CT molecular complexity index is 12.4. The molecule has 8 heavy (non-hydrogen) atoms. The van der Waals surface area contributed by atoms with E-state index < -0.39 is 0 Å². The first-order valence-corrected chi connectivity index (χ1v) is 0. The Kier molecular flexibility index (Phi) is 4650. The summed E-state index contributed by atoms with van der Waals surface area (Å²) in [5.74, 6) is 0. The van der Waals surface area contributed by atoms with Crippen molar-refractivity contribution in [2.45, 2.75) is 0 Å². The molecule has 0 saturated carbocycles. The maximum Gasteiger partial charge on any atom is 2.00 e. The summed E-state index contributed by atoms with van der Waals surface area (Å²) in [4.78, 5) is 0. The van der Waals surface area contributed by atoms with Crippen LogP contribution >= 0.6 is 0 Å². The van der Waals surface area contributed by atoms with Crippen LogP contribution in [0.15, 0.2) is 0 Å². The molecule has 0 aromatic heterocycles. The van der Waals surface area contributed by atoms with Crippen LogP contribution in [0.3, 0.4) is 0 Å². The Morgan fingerprint density at radius 1 is 0.500 bits per heavy atom. The normalized spacial score (nSPS) is 0. The van der Waals surface area contributed by atoms with E-state index in [1.165, 1.54) is 0 Å². The molecule has 0 unspecified atom stereocenters. The van der Waals surface area contributed by atoms with Gasteiger partial charge in [-0.2, -0.15) is 0 Å². The summed E-state index contributed by atoms with van der Waals surface area (Å²) in [7, 11) is 0. The van der Waals surface area contributed by atoms with Crippen molar-refractivity contribution >= 4 is 0 Å². The molecule has 5 nitrogen and oxygen atoms in total. The third-order valence-corrected chi connectivity index (χ3v) is 0. The third-order valence-electron chi connectivity index (χ3n) is 0. The minimum absolute atomic E-state index is 0. The molecule has 8 heteroatoms. The standard InChI is InChI=1S/Co.Mn.Na.5H2O/h;;;5*1H2/q2*+2;+1;;;;;/p-5. The van der Waals surface area contributed by atoms with Crippen molar-refractivity contribution < 1.29 is 90.8 Å². The predicted molar refractivity (Wildman–Crippen MR) is 9.68 cm³/mol. The second-order valence-corrected chi connectivity index (χ2v) is 0. The Balaban J connectivity index is 0. The number of hydrogen-bond donors (Lipinski definition) is 0. The van der Waals surface area contributed by atoms with Gasteiger partial charge in [0.25, 0.3) is 0 Å². The maximum absolute atomic E-state index is 0. The van der Waals surface area contributed by atoms with Crippen LogP contribution in [0.2, 0.25) is 0 Å². The van der Waals surface area contributed by atoms with Crippen LogP contribution < -0.4 is 29.6 Å². The Morgan fingerprint density at radius 2 is 0.500 bits per heavy atom. The van der Waals surface area contributed by atoms with Gasteiger partial charge in [0.15, 0.2) is 0 Å². The molecule has 0 fully saturated rings. The van der Waals surface area contributed by atoms with Crippen molar-refractivity contribution in [3.63, 3.8) is 0 Å². The summed E-state index contributed by atoms with van der Waals surface area (Å²) in [6, 6.07) is 0. The first-order valence-electron chi connectivity index (χ1n) is 0. The Labute approximate surface area is 90.1 Å². The van der Waals surface area contributed by atoms with E-state index in [0.717, 1.165) is 0 Å². The van der Waals surface area contributed by atoms with Gasteiger partial charge in [-0.05, 0) is 0 Å². The van der Waals surface area contributed by atoms with Crippen molar-refractivity contribution in [2.75, 3.05) is 0 Å². The van der Waals surface area contributed by atoms with Crippen LogP contribution in [0.4, 0.5) is 0 Å². The monoisotopic (exact) mass is 222 g/mol. The van der Waals surface area contributed by atoms with E-state index in [2.05, 4.69) is 0 Å². The maximum atomic E-state index is 0. The zero-order valence-corrected chi connectivity index (χ0v) is 8.17. The summed E-state index contributed by atoms with van der Waals surface area (Å²) < 4.78 is 0. The van der Waals surface area contributed by atoms with E-state index in [4.69, 9.17) is 0 Å². The molecule has 0 atom stereocenters. The van der Waals surface area contributed by atoms with Crippen molar-refractivity contribution in [3.05, 3.63) is 0 Å². The van der Waals surface area contributed by atoms with Crippen LogP contribution in [0.25, 0.3) is 0 Å². The Hall–Kier alpha value is 1.83. The molecule has 0 aliphatic rings.